The Labute approximate surface area is 110 Å². The van der Waals surface area contributed by atoms with Gasteiger partial charge in [0, 0.05) is 36.1 Å². The molecule has 1 aliphatic rings. The van der Waals surface area contributed by atoms with Crippen LogP contribution >= 0.6 is 0 Å². The highest BCUT2D eigenvalue weighted by Crippen LogP contribution is 2.18. The number of benzene rings is 1. The summed E-state index contributed by atoms with van der Waals surface area (Å²) in [6, 6.07) is 8.73. The molecule has 0 spiro atoms. The third kappa shape index (κ3) is 2.13. The third-order valence-corrected chi connectivity index (χ3v) is 3.49. The molecule has 3 rings (SSSR count). The molecule has 1 aromatic carbocycles. The van der Waals surface area contributed by atoms with E-state index in [9.17, 15) is 9.59 Å². The van der Waals surface area contributed by atoms with E-state index in [1.807, 2.05) is 18.2 Å². The number of aromatic amines is 1. The Morgan fingerprint density at radius 2 is 2.16 bits per heavy atom. The number of likely N-dealkylation sites (tertiary alicyclic amines) is 1. The van der Waals surface area contributed by atoms with Crippen molar-refractivity contribution in [3.05, 3.63) is 46.2 Å². The van der Waals surface area contributed by atoms with Gasteiger partial charge < -0.3 is 15.6 Å². The highest BCUT2D eigenvalue weighted by molar-refractivity contribution is 6.06. The zero-order chi connectivity index (χ0) is 13.4. The number of pyridine rings is 1. The fraction of sp³-hybridized carbons (Fsp3) is 0.286. The average Bonchev–Trinajstić information content (AvgIpc) is 2.83. The summed E-state index contributed by atoms with van der Waals surface area (Å²) in [6.07, 6.45) is 0.812. The highest BCUT2D eigenvalue weighted by atomic mass is 16.2. The van der Waals surface area contributed by atoms with Crippen LogP contribution in [0.1, 0.15) is 16.8 Å². The molecule has 1 amide bonds. The van der Waals surface area contributed by atoms with Crippen LogP contribution in [0.4, 0.5) is 0 Å². The van der Waals surface area contributed by atoms with Crippen LogP contribution in [0.15, 0.2) is 35.1 Å². The summed E-state index contributed by atoms with van der Waals surface area (Å²) in [6.45, 7) is 1.21. The number of hydrogen-bond acceptors (Lipinski definition) is 3. The maximum Gasteiger partial charge on any atom is 0.254 e. The number of nitrogens with two attached hydrogens (primary N) is 1. The minimum absolute atomic E-state index is 0.0391. The van der Waals surface area contributed by atoms with E-state index in [-0.39, 0.29) is 17.5 Å². The van der Waals surface area contributed by atoms with Crippen molar-refractivity contribution < 1.29 is 4.79 Å². The van der Waals surface area contributed by atoms with E-state index in [1.165, 1.54) is 6.07 Å². The van der Waals surface area contributed by atoms with Gasteiger partial charge in [-0.05, 0) is 12.5 Å². The molecule has 0 saturated carbocycles. The van der Waals surface area contributed by atoms with E-state index in [0.717, 1.165) is 11.8 Å². The molecule has 1 saturated heterocycles. The molecule has 1 atom stereocenters. The maximum atomic E-state index is 12.5. The molecular formula is C14H15N3O2. The van der Waals surface area contributed by atoms with E-state index in [4.69, 9.17) is 5.73 Å². The minimum Gasteiger partial charge on any atom is -0.337 e. The quantitative estimate of drug-likeness (QED) is 0.789. The Kier molecular flexibility index (Phi) is 2.83. The van der Waals surface area contributed by atoms with Crippen LogP contribution in [0.3, 0.4) is 0 Å². The number of rotatable bonds is 1. The summed E-state index contributed by atoms with van der Waals surface area (Å²) in [5.41, 5.74) is 6.70. The van der Waals surface area contributed by atoms with Crippen molar-refractivity contribution in [1.82, 2.24) is 9.88 Å². The van der Waals surface area contributed by atoms with Crippen LogP contribution in [0, 0.1) is 0 Å². The van der Waals surface area contributed by atoms with Gasteiger partial charge in [-0.2, -0.15) is 0 Å². The number of carbonyl (C=O) groups excluding carboxylic acids is 1. The summed E-state index contributed by atoms with van der Waals surface area (Å²) in [7, 11) is 0. The molecule has 2 heterocycles. The second-order valence-corrected chi connectivity index (χ2v) is 4.89. The Morgan fingerprint density at radius 1 is 1.37 bits per heavy atom. The Balaban J connectivity index is 2.09. The van der Waals surface area contributed by atoms with E-state index >= 15 is 0 Å². The normalized spacial score (nSPS) is 19.0. The van der Waals surface area contributed by atoms with E-state index in [2.05, 4.69) is 4.98 Å². The van der Waals surface area contributed by atoms with Gasteiger partial charge in [-0.15, -0.1) is 0 Å². The Bertz CT molecular complexity index is 692. The molecule has 5 nitrogen and oxygen atoms in total. The number of amides is 1. The first kappa shape index (κ1) is 11.9. The number of nitrogens with one attached hydrogen (secondary N) is 1. The van der Waals surface area contributed by atoms with Crippen molar-refractivity contribution in [1.29, 1.82) is 0 Å². The van der Waals surface area contributed by atoms with Gasteiger partial charge >= 0.3 is 0 Å². The summed E-state index contributed by atoms with van der Waals surface area (Å²) >= 11 is 0. The number of aromatic nitrogens is 1. The van der Waals surface area contributed by atoms with Crippen molar-refractivity contribution in [3.8, 4) is 0 Å². The van der Waals surface area contributed by atoms with Crippen molar-refractivity contribution in [2.24, 2.45) is 5.73 Å². The number of H-pyrrole nitrogens is 1. The molecule has 1 fully saturated rings. The second kappa shape index (κ2) is 4.51. The maximum absolute atomic E-state index is 12.5. The Morgan fingerprint density at radius 3 is 2.89 bits per heavy atom. The fourth-order valence-corrected chi connectivity index (χ4v) is 2.52. The molecule has 0 unspecified atom stereocenters. The first-order valence-corrected chi connectivity index (χ1v) is 6.32. The predicted molar refractivity (Wildman–Crippen MR) is 73.1 cm³/mol. The monoisotopic (exact) mass is 257 g/mol. The van der Waals surface area contributed by atoms with Crippen molar-refractivity contribution >= 4 is 16.8 Å². The number of nitrogens with zero attached hydrogens (tertiary/aromatic N) is 1. The smallest absolute Gasteiger partial charge is 0.254 e. The average molecular weight is 257 g/mol. The van der Waals surface area contributed by atoms with Crippen molar-refractivity contribution in [2.75, 3.05) is 13.1 Å². The van der Waals surface area contributed by atoms with E-state index < -0.39 is 0 Å². The predicted octanol–water partition coefficient (Wildman–Crippen LogP) is 0.701. The first-order chi connectivity index (χ1) is 9.15. The molecule has 0 radical (unpaired) electrons. The molecule has 1 aromatic heterocycles. The van der Waals surface area contributed by atoms with Crippen LogP contribution in [-0.2, 0) is 0 Å². The lowest BCUT2D eigenvalue weighted by atomic mass is 10.1. The fourth-order valence-electron chi connectivity index (χ4n) is 2.52. The zero-order valence-corrected chi connectivity index (χ0v) is 10.4. The first-order valence-electron chi connectivity index (χ1n) is 6.32. The zero-order valence-electron chi connectivity index (χ0n) is 10.4. The van der Waals surface area contributed by atoms with Crippen LogP contribution in [0.5, 0.6) is 0 Å². The highest BCUT2D eigenvalue weighted by Gasteiger charge is 2.25. The number of hydrogen-bond donors (Lipinski definition) is 2. The van der Waals surface area contributed by atoms with Gasteiger partial charge in [-0.25, -0.2) is 0 Å². The summed E-state index contributed by atoms with van der Waals surface area (Å²) in [5.74, 6) is -0.116. The molecule has 5 heteroatoms. The van der Waals surface area contributed by atoms with E-state index in [0.29, 0.717) is 24.2 Å². The lowest BCUT2D eigenvalue weighted by molar-refractivity contribution is 0.0792. The molecule has 0 aliphatic carbocycles. The lowest BCUT2D eigenvalue weighted by Crippen LogP contribution is -2.32. The van der Waals surface area contributed by atoms with Crippen LogP contribution < -0.4 is 11.3 Å². The number of carbonyl (C=O) groups is 1. The van der Waals surface area contributed by atoms with Gasteiger partial charge in [0.1, 0.15) is 0 Å². The van der Waals surface area contributed by atoms with Gasteiger partial charge in [0.05, 0.1) is 5.56 Å². The molecule has 98 valence electrons. The summed E-state index contributed by atoms with van der Waals surface area (Å²) < 4.78 is 0. The standard InChI is InChI=1S/C14H15N3O2/c15-9-5-6-17(8-9)14(19)11-7-13(18)16-12-4-2-1-3-10(11)12/h1-4,7,9H,5-6,8,15H2,(H,16,18)/t9-/m0/s1. The largest absolute Gasteiger partial charge is 0.337 e. The topological polar surface area (TPSA) is 79.2 Å². The third-order valence-electron chi connectivity index (χ3n) is 3.49. The molecular weight excluding hydrogens is 242 g/mol. The van der Waals surface area contributed by atoms with Gasteiger partial charge in [0.25, 0.3) is 5.91 Å². The molecule has 0 bridgehead atoms. The van der Waals surface area contributed by atoms with Crippen LogP contribution in [-0.4, -0.2) is 34.9 Å². The lowest BCUT2D eigenvalue weighted by Gasteiger charge is -2.16. The number of fused-ring (bicyclic) bond motifs is 1. The summed E-state index contributed by atoms with van der Waals surface area (Å²) in [5, 5.41) is 0.771. The van der Waals surface area contributed by atoms with Gasteiger partial charge in [-0.1, -0.05) is 18.2 Å². The van der Waals surface area contributed by atoms with Gasteiger partial charge in [-0.3, -0.25) is 9.59 Å². The second-order valence-electron chi connectivity index (χ2n) is 4.89. The molecule has 3 N–H and O–H groups in total. The van der Waals surface area contributed by atoms with Crippen molar-refractivity contribution in [3.63, 3.8) is 0 Å². The van der Waals surface area contributed by atoms with Gasteiger partial charge in [0.15, 0.2) is 0 Å². The molecule has 2 aromatic rings. The van der Waals surface area contributed by atoms with Crippen LogP contribution in [0.25, 0.3) is 10.9 Å². The SMILES string of the molecule is N[C@H]1CCN(C(=O)c2cc(=O)[nH]c3ccccc23)C1. The Hall–Kier alpha value is -2.14. The van der Waals surface area contributed by atoms with Crippen LogP contribution in [0.2, 0.25) is 0 Å². The summed E-state index contributed by atoms with van der Waals surface area (Å²) in [4.78, 5) is 28.6. The molecule has 19 heavy (non-hydrogen) atoms. The minimum atomic E-state index is -0.259. The number of para-hydroxylation sites is 1. The van der Waals surface area contributed by atoms with Gasteiger partial charge in [0.2, 0.25) is 5.56 Å². The molecule has 1 aliphatic heterocycles. The van der Waals surface area contributed by atoms with Crippen molar-refractivity contribution in [2.45, 2.75) is 12.5 Å². The van der Waals surface area contributed by atoms with E-state index in [1.54, 1.807) is 11.0 Å².